The standard InChI is InChI=1S/C16H15BrFNO4S/c1-9-2-3-15(24(20,21)22)10(4-9)5-12-8-23-14-7-11(18)6-13(17)16(14)19-12/h2-4,6-7,12,19H,5,8H2,1H3,(H,20,21,22). The number of hydrogen-bond donors (Lipinski definition) is 2. The molecule has 0 spiro atoms. The number of fused-ring (bicyclic) bond motifs is 1. The number of benzene rings is 2. The molecule has 0 bridgehead atoms. The van der Waals surface area contributed by atoms with E-state index in [-0.39, 0.29) is 17.5 Å². The first-order chi connectivity index (χ1) is 11.2. The van der Waals surface area contributed by atoms with Gasteiger partial charge in [-0.05, 0) is 47.0 Å². The highest BCUT2D eigenvalue weighted by Gasteiger charge is 2.25. The fourth-order valence-corrected chi connectivity index (χ4v) is 3.98. The molecule has 1 unspecified atom stereocenters. The summed E-state index contributed by atoms with van der Waals surface area (Å²) in [6.07, 6.45) is 0.333. The third-order valence-corrected chi connectivity index (χ3v) is 5.35. The molecule has 0 aliphatic carbocycles. The van der Waals surface area contributed by atoms with E-state index in [0.717, 1.165) is 5.56 Å². The molecule has 1 aliphatic heterocycles. The van der Waals surface area contributed by atoms with Crippen LogP contribution < -0.4 is 10.1 Å². The summed E-state index contributed by atoms with van der Waals surface area (Å²) in [7, 11) is -4.30. The lowest BCUT2D eigenvalue weighted by Crippen LogP contribution is -2.34. The molecule has 8 heteroatoms. The van der Waals surface area contributed by atoms with Gasteiger partial charge in [0.25, 0.3) is 10.1 Å². The summed E-state index contributed by atoms with van der Waals surface area (Å²) in [4.78, 5) is -0.112. The average molecular weight is 416 g/mol. The van der Waals surface area contributed by atoms with Crippen molar-refractivity contribution in [1.29, 1.82) is 0 Å². The van der Waals surface area contributed by atoms with Gasteiger partial charge in [0.1, 0.15) is 18.2 Å². The van der Waals surface area contributed by atoms with E-state index in [1.165, 1.54) is 18.2 Å². The van der Waals surface area contributed by atoms with Crippen LogP contribution in [-0.4, -0.2) is 25.6 Å². The summed E-state index contributed by atoms with van der Waals surface area (Å²) < 4.78 is 52.0. The summed E-state index contributed by atoms with van der Waals surface area (Å²) in [6.45, 7) is 2.10. The number of rotatable bonds is 3. The normalized spacial score (nSPS) is 16.9. The molecule has 3 rings (SSSR count). The number of halogens is 2. The van der Waals surface area contributed by atoms with Crippen LogP contribution in [0.1, 0.15) is 11.1 Å². The minimum Gasteiger partial charge on any atom is -0.489 e. The van der Waals surface area contributed by atoms with Crippen molar-refractivity contribution in [3.63, 3.8) is 0 Å². The second-order valence-electron chi connectivity index (χ2n) is 5.70. The molecule has 2 aromatic carbocycles. The Balaban J connectivity index is 1.90. The largest absolute Gasteiger partial charge is 0.489 e. The van der Waals surface area contributed by atoms with Gasteiger partial charge in [-0.3, -0.25) is 4.55 Å². The molecule has 5 nitrogen and oxygen atoms in total. The van der Waals surface area contributed by atoms with Crippen LogP contribution in [0, 0.1) is 12.7 Å². The zero-order valence-corrected chi connectivity index (χ0v) is 15.1. The maximum atomic E-state index is 13.4. The summed E-state index contributed by atoms with van der Waals surface area (Å²) in [5, 5.41) is 3.22. The van der Waals surface area contributed by atoms with Gasteiger partial charge < -0.3 is 10.1 Å². The van der Waals surface area contributed by atoms with E-state index < -0.39 is 15.9 Å². The van der Waals surface area contributed by atoms with E-state index in [0.29, 0.717) is 27.9 Å². The van der Waals surface area contributed by atoms with Gasteiger partial charge in [-0.1, -0.05) is 17.7 Å². The van der Waals surface area contributed by atoms with Crippen molar-refractivity contribution in [1.82, 2.24) is 0 Å². The Morgan fingerprint density at radius 2 is 2.12 bits per heavy atom. The molecule has 128 valence electrons. The third-order valence-electron chi connectivity index (χ3n) is 3.77. The van der Waals surface area contributed by atoms with Crippen LogP contribution in [0.5, 0.6) is 5.75 Å². The van der Waals surface area contributed by atoms with Gasteiger partial charge in [0.2, 0.25) is 0 Å². The minimum absolute atomic E-state index is 0.112. The molecular formula is C16H15BrFNO4S. The highest BCUT2D eigenvalue weighted by Crippen LogP contribution is 2.37. The molecule has 2 N–H and O–H groups in total. The average Bonchev–Trinajstić information content (AvgIpc) is 2.46. The van der Waals surface area contributed by atoms with Crippen LogP contribution >= 0.6 is 15.9 Å². The van der Waals surface area contributed by atoms with Crippen molar-refractivity contribution in [2.24, 2.45) is 0 Å². The Hall–Kier alpha value is -1.64. The first kappa shape index (κ1) is 17.2. The second-order valence-corrected chi connectivity index (χ2v) is 7.95. The van der Waals surface area contributed by atoms with Crippen LogP contribution in [0.15, 0.2) is 39.7 Å². The molecule has 1 atom stereocenters. The minimum atomic E-state index is -4.30. The third kappa shape index (κ3) is 3.55. The summed E-state index contributed by atoms with van der Waals surface area (Å²) >= 11 is 3.29. The van der Waals surface area contributed by atoms with Crippen molar-refractivity contribution in [2.45, 2.75) is 24.3 Å². The summed E-state index contributed by atoms with van der Waals surface area (Å²) in [5.41, 5.74) is 2.01. The lowest BCUT2D eigenvalue weighted by atomic mass is 10.0. The van der Waals surface area contributed by atoms with Crippen molar-refractivity contribution < 1.29 is 22.1 Å². The van der Waals surface area contributed by atoms with Gasteiger partial charge in [-0.25, -0.2) is 4.39 Å². The van der Waals surface area contributed by atoms with Gasteiger partial charge in [-0.2, -0.15) is 8.42 Å². The predicted octanol–water partition coefficient (Wildman–Crippen LogP) is 3.56. The van der Waals surface area contributed by atoms with Crippen molar-refractivity contribution in [3.8, 4) is 5.75 Å². The molecule has 0 saturated heterocycles. The number of hydrogen-bond acceptors (Lipinski definition) is 4. The molecule has 0 radical (unpaired) electrons. The monoisotopic (exact) mass is 415 g/mol. The van der Waals surface area contributed by atoms with E-state index >= 15 is 0 Å². The highest BCUT2D eigenvalue weighted by atomic mass is 79.9. The van der Waals surface area contributed by atoms with E-state index in [9.17, 15) is 17.4 Å². The lowest BCUT2D eigenvalue weighted by molar-refractivity contribution is 0.281. The Labute approximate surface area is 147 Å². The van der Waals surface area contributed by atoms with Crippen LogP contribution in [0.3, 0.4) is 0 Å². The fourth-order valence-electron chi connectivity index (χ4n) is 2.73. The first-order valence-corrected chi connectivity index (χ1v) is 9.43. The van der Waals surface area contributed by atoms with Crippen LogP contribution in [-0.2, 0) is 16.5 Å². The van der Waals surface area contributed by atoms with E-state index in [4.69, 9.17) is 4.74 Å². The van der Waals surface area contributed by atoms with Gasteiger partial charge in [0.15, 0.2) is 0 Å². The fraction of sp³-hybridized carbons (Fsp3) is 0.250. The van der Waals surface area contributed by atoms with Crippen LogP contribution in [0.25, 0.3) is 0 Å². The molecule has 0 fully saturated rings. The summed E-state index contributed by atoms with van der Waals surface area (Å²) in [5.74, 6) is -0.00871. The quantitative estimate of drug-likeness (QED) is 0.749. The maximum Gasteiger partial charge on any atom is 0.294 e. The Bertz CT molecular complexity index is 901. The smallest absolute Gasteiger partial charge is 0.294 e. The molecular weight excluding hydrogens is 401 g/mol. The van der Waals surface area contributed by atoms with E-state index in [1.807, 2.05) is 6.92 Å². The molecule has 1 heterocycles. The van der Waals surface area contributed by atoms with Crippen LogP contribution in [0.4, 0.5) is 10.1 Å². The van der Waals surface area contributed by atoms with Gasteiger partial charge >= 0.3 is 0 Å². The number of nitrogens with one attached hydrogen (secondary N) is 1. The van der Waals surface area contributed by atoms with Crippen molar-refractivity contribution >= 4 is 31.7 Å². The zero-order chi connectivity index (χ0) is 17.5. The van der Waals surface area contributed by atoms with Crippen molar-refractivity contribution in [2.75, 3.05) is 11.9 Å². The topological polar surface area (TPSA) is 75.6 Å². The molecule has 24 heavy (non-hydrogen) atoms. The highest BCUT2D eigenvalue weighted by molar-refractivity contribution is 9.10. The van der Waals surface area contributed by atoms with Gasteiger partial charge in [0, 0.05) is 10.5 Å². The van der Waals surface area contributed by atoms with Crippen molar-refractivity contribution in [3.05, 3.63) is 51.7 Å². The van der Waals surface area contributed by atoms with E-state index in [2.05, 4.69) is 21.2 Å². The number of aryl methyl sites for hydroxylation is 1. The molecule has 1 aliphatic rings. The number of ether oxygens (including phenoxy) is 1. The van der Waals surface area contributed by atoms with E-state index in [1.54, 1.807) is 12.1 Å². The Morgan fingerprint density at radius 3 is 2.83 bits per heavy atom. The summed E-state index contributed by atoms with van der Waals surface area (Å²) in [6, 6.07) is 7.14. The Kier molecular flexibility index (Phi) is 4.54. The Morgan fingerprint density at radius 1 is 1.38 bits per heavy atom. The SMILES string of the molecule is Cc1ccc(S(=O)(=O)O)c(CC2COc3cc(F)cc(Br)c3N2)c1. The van der Waals surface area contributed by atoms with Crippen LogP contribution in [0.2, 0.25) is 0 Å². The maximum absolute atomic E-state index is 13.4. The second kappa shape index (κ2) is 6.34. The number of anilines is 1. The molecule has 2 aromatic rings. The van der Waals surface area contributed by atoms with Gasteiger partial charge in [0.05, 0.1) is 16.6 Å². The lowest BCUT2D eigenvalue weighted by Gasteiger charge is -2.29. The molecule has 0 saturated carbocycles. The molecule has 0 aromatic heterocycles. The van der Waals surface area contributed by atoms with Gasteiger partial charge in [-0.15, -0.1) is 0 Å². The first-order valence-electron chi connectivity index (χ1n) is 7.19. The zero-order valence-electron chi connectivity index (χ0n) is 12.7. The predicted molar refractivity (Wildman–Crippen MR) is 91.7 cm³/mol. The molecule has 0 amide bonds.